The number of carbonyl (C=O) groups is 1. The highest BCUT2D eigenvalue weighted by atomic mass is 16.4. The van der Waals surface area contributed by atoms with Gasteiger partial charge in [-0.05, 0) is 26.0 Å². The number of hydrogen-bond acceptors (Lipinski definition) is 5. The Morgan fingerprint density at radius 1 is 1.25 bits per heavy atom. The van der Waals surface area contributed by atoms with E-state index >= 15 is 0 Å². The van der Waals surface area contributed by atoms with E-state index in [1.54, 1.807) is 30.0 Å². The largest absolute Gasteiger partial charge is 0.420 e. The first-order chi connectivity index (χ1) is 11.6. The van der Waals surface area contributed by atoms with Gasteiger partial charge >= 0.3 is 5.76 Å². The van der Waals surface area contributed by atoms with Crippen molar-refractivity contribution >= 4 is 17.0 Å². The zero-order valence-corrected chi connectivity index (χ0v) is 13.5. The fourth-order valence-electron chi connectivity index (χ4n) is 3.22. The lowest BCUT2D eigenvalue weighted by Gasteiger charge is -2.29. The Balaban J connectivity index is 1.65. The van der Waals surface area contributed by atoms with Crippen molar-refractivity contribution in [2.24, 2.45) is 0 Å². The minimum absolute atomic E-state index is 0.129. The molecule has 0 fully saturated rings. The molecule has 3 aromatic rings. The molecule has 1 atom stereocenters. The van der Waals surface area contributed by atoms with E-state index in [9.17, 15) is 9.59 Å². The Bertz CT molecular complexity index is 983. The number of fused-ring (bicyclic) bond motifs is 2. The summed E-state index contributed by atoms with van der Waals surface area (Å²) < 4.78 is 8.64. The summed E-state index contributed by atoms with van der Waals surface area (Å²) in [5, 5.41) is 8.16. The van der Waals surface area contributed by atoms with Crippen molar-refractivity contribution in [1.82, 2.24) is 24.2 Å². The maximum absolute atomic E-state index is 12.9. The second-order valence-corrected chi connectivity index (χ2v) is 5.96. The number of aromatic nitrogens is 4. The van der Waals surface area contributed by atoms with Crippen molar-refractivity contribution < 1.29 is 9.21 Å². The third-order valence-electron chi connectivity index (χ3n) is 4.51. The molecule has 1 aromatic carbocycles. The average Bonchev–Trinajstić information content (AvgIpc) is 3.12. The highest BCUT2D eigenvalue weighted by Gasteiger charge is 2.29. The third kappa shape index (κ3) is 2.14. The van der Waals surface area contributed by atoms with Gasteiger partial charge in [-0.2, -0.15) is 0 Å². The molecule has 0 unspecified atom stereocenters. The van der Waals surface area contributed by atoms with E-state index in [4.69, 9.17) is 4.42 Å². The molecule has 0 radical (unpaired) electrons. The Labute approximate surface area is 137 Å². The van der Waals surface area contributed by atoms with Crippen LogP contribution >= 0.6 is 0 Å². The maximum Gasteiger partial charge on any atom is 0.420 e. The lowest BCUT2D eigenvalue weighted by molar-refractivity contribution is -0.135. The van der Waals surface area contributed by atoms with Gasteiger partial charge in [0.15, 0.2) is 11.4 Å². The summed E-state index contributed by atoms with van der Waals surface area (Å²) in [6, 6.07) is 6.47. The van der Waals surface area contributed by atoms with Gasteiger partial charge in [0.1, 0.15) is 11.9 Å². The lowest BCUT2D eigenvalue weighted by atomic mass is 10.2. The highest BCUT2D eigenvalue weighted by Crippen LogP contribution is 2.20. The second kappa shape index (κ2) is 5.33. The van der Waals surface area contributed by atoms with Gasteiger partial charge in [0, 0.05) is 13.1 Å². The number of benzene rings is 1. The van der Waals surface area contributed by atoms with Crippen LogP contribution in [0.25, 0.3) is 11.1 Å². The topological polar surface area (TPSA) is 86.2 Å². The molecule has 0 saturated carbocycles. The van der Waals surface area contributed by atoms with Gasteiger partial charge < -0.3 is 13.9 Å². The number of oxazole rings is 1. The first-order valence-electron chi connectivity index (χ1n) is 7.84. The Kier molecular flexibility index (Phi) is 3.26. The molecule has 3 heterocycles. The van der Waals surface area contributed by atoms with Gasteiger partial charge in [-0.1, -0.05) is 12.1 Å². The van der Waals surface area contributed by atoms with Crippen LogP contribution in [0.4, 0.5) is 0 Å². The third-order valence-corrected chi connectivity index (χ3v) is 4.51. The van der Waals surface area contributed by atoms with Crippen LogP contribution in [0.15, 0.2) is 33.5 Å². The summed E-state index contributed by atoms with van der Waals surface area (Å²) in [7, 11) is 0. The van der Waals surface area contributed by atoms with Crippen LogP contribution in [-0.2, 0) is 17.9 Å². The zero-order chi connectivity index (χ0) is 16.8. The predicted molar refractivity (Wildman–Crippen MR) is 85.4 cm³/mol. The Morgan fingerprint density at radius 3 is 2.88 bits per heavy atom. The summed E-state index contributed by atoms with van der Waals surface area (Å²) in [6.07, 6.45) is 0. The molecule has 1 amide bonds. The summed E-state index contributed by atoms with van der Waals surface area (Å²) in [5.74, 6) is 0.967. The van der Waals surface area contributed by atoms with Gasteiger partial charge in [0.05, 0.1) is 12.1 Å². The smallest absolute Gasteiger partial charge is 0.408 e. The van der Waals surface area contributed by atoms with Gasteiger partial charge in [-0.3, -0.25) is 9.36 Å². The molecule has 8 nitrogen and oxygen atoms in total. The molecule has 0 spiro atoms. The standard InChI is InChI=1S/C16H17N5O3/c1-10(21-12-5-3-4-6-13(12)24-16(21)23)15(22)19-7-8-20-11(2)17-18-14(20)9-19/h3-6,10H,7-9H2,1-2H3/t10-/m0/s1. The normalized spacial score (nSPS) is 15.5. The first kappa shape index (κ1) is 14.7. The highest BCUT2D eigenvalue weighted by molar-refractivity contribution is 5.83. The Hall–Kier alpha value is -2.90. The lowest BCUT2D eigenvalue weighted by Crippen LogP contribution is -2.43. The van der Waals surface area contributed by atoms with Gasteiger partial charge in [0.25, 0.3) is 0 Å². The number of carbonyl (C=O) groups excluding carboxylic acids is 1. The fraction of sp³-hybridized carbons (Fsp3) is 0.375. The molecule has 24 heavy (non-hydrogen) atoms. The van der Waals surface area contributed by atoms with Crippen molar-refractivity contribution in [2.75, 3.05) is 6.54 Å². The Morgan fingerprint density at radius 2 is 2.04 bits per heavy atom. The van der Waals surface area contributed by atoms with Crippen molar-refractivity contribution in [2.45, 2.75) is 33.0 Å². The molecule has 1 aliphatic heterocycles. The van der Waals surface area contributed by atoms with Crippen LogP contribution in [0.1, 0.15) is 24.6 Å². The summed E-state index contributed by atoms with van der Waals surface area (Å²) in [5.41, 5.74) is 1.11. The maximum atomic E-state index is 12.9. The van der Waals surface area contributed by atoms with Crippen molar-refractivity contribution in [3.8, 4) is 0 Å². The van der Waals surface area contributed by atoms with Gasteiger partial charge in [-0.25, -0.2) is 4.79 Å². The number of hydrogen-bond donors (Lipinski definition) is 0. The average molecular weight is 327 g/mol. The molecule has 0 aliphatic carbocycles. The van der Waals surface area contributed by atoms with E-state index in [-0.39, 0.29) is 5.91 Å². The van der Waals surface area contributed by atoms with E-state index in [0.717, 1.165) is 11.6 Å². The van der Waals surface area contributed by atoms with Crippen LogP contribution in [0.2, 0.25) is 0 Å². The molecule has 1 aliphatic rings. The molecular weight excluding hydrogens is 310 g/mol. The molecule has 4 rings (SSSR count). The fourth-order valence-corrected chi connectivity index (χ4v) is 3.22. The molecule has 0 bridgehead atoms. The number of rotatable bonds is 2. The van der Waals surface area contributed by atoms with Crippen LogP contribution in [0.5, 0.6) is 0 Å². The molecule has 0 N–H and O–H groups in total. The van der Waals surface area contributed by atoms with E-state index in [1.165, 1.54) is 4.57 Å². The number of para-hydroxylation sites is 2. The molecule has 8 heteroatoms. The molecule has 2 aromatic heterocycles. The van der Waals surface area contributed by atoms with E-state index in [2.05, 4.69) is 10.2 Å². The van der Waals surface area contributed by atoms with Crippen molar-refractivity contribution in [3.63, 3.8) is 0 Å². The molecule has 124 valence electrons. The van der Waals surface area contributed by atoms with E-state index < -0.39 is 11.8 Å². The van der Waals surface area contributed by atoms with Crippen LogP contribution in [0, 0.1) is 6.92 Å². The monoisotopic (exact) mass is 327 g/mol. The summed E-state index contributed by atoms with van der Waals surface area (Å²) in [6.45, 7) is 5.24. The van der Waals surface area contributed by atoms with Crippen LogP contribution in [0.3, 0.4) is 0 Å². The SMILES string of the molecule is Cc1nnc2n1CCN(C(=O)[C@H](C)n1c(=O)oc3ccccc31)C2. The predicted octanol–water partition coefficient (Wildman–Crippen LogP) is 1.10. The van der Waals surface area contributed by atoms with Crippen LogP contribution < -0.4 is 5.76 Å². The van der Waals surface area contributed by atoms with E-state index in [0.29, 0.717) is 30.7 Å². The summed E-state index contributed by atoms with van der Waals surface area (Å²) in [4.78, 5) is 26.8. The minimum Gasteiger partial charge on any atom is -0.408 e. The molecular formula is C16H17N5O3. The molecule has 0 saturated heterocycles. The number of aryl methyl sites for hydroxylation is 1. The number of nitrogens with zero attached hydrogens (tertiary/aromatic N) is 5. The minimum atomic E-state index is -0.642. The van der Waals surface area contributed by atoms with Crippen LogP contribution in [-0.4, -0.2) is 36.7 Å². The van der Waals surface area contributed by atoms with E-state index in [1.807, 2.05) is 17.6 Å². The van der Waals surface area contributed by atoms with Crippen molar-refractivity contribution in [3.05, 3.63) is 46.5 Å². The second-order valence-electron chi connectivity index (χ2n) is 5.96. The van der Waals surface area contributed by atoms with Gasteiger partial charge in [0.2, 0.25) is 5.91 Å². The number of amides is 1. The quantitative estimate of drug-likeness (QED) is 0.703. The first-order valence-corrected chi connectivity index (χ1v) is 7.84. The van der Waals surface area contributed by atoms with Crippen molar-refractivity contribution in [1.29, 1.82) is 0 Å². The zero-order valence-electron chi connectivity index (χ0n) is 13.5. The van der Waals surface area contributed by atoms with Gasteiger partial charge in [-0.15, -0.1) is 10.2 Å². The summed E-state index contributed by atoms with van der Waals surface area (Å²) >= 11 is 0.